The van der Waals surface area contributed by atoms with Crippen LogP contribution in [-0.4, -0.2) is 33.5 Å². The number of carbonyl (C=O) groups is 1. The number of benzene rings is 3. The molecule has 0 saturated carbocycles. The lowest BCUT2D eigenvalue weighted by molar-refractivity contribution is 0.104. The first kappa shape index (κ1) is 22.9. The van der Waals surface area contributed by atoms with Crippen molar-refractivity contribution in [3.8, 4) is 17.2 Å². The van der Waals surface area contributed by atoms with Crippen LogP contribution in [-0.2, 0) is 10.0 Å². The van der Waals surface area contributed by atoms with Crippen molar-refractivity contribution in [1.82, 2.24) is 0 Å². The Kier molecular flexibility index (Phi) is 6.85. The Morgan fingerprint density at radius 2 is 1.50 bits per heavy atom. The Morgan fingerprint density at radius 1 is 0.938 bits per heavy atom. The number of aryl methyl sites for hydroxylation is 1. The van der Waals surface area contributed by atoms with Crippen LogP contribution in [0.1, 0.15) is 21.5 Å². The maximum Gasteiger partial charge on any atom is 0.261 e. The van der Waals surface area contributed by atoms with Gasteiger partial charge in [-0.3, -0.25) is 9.52 Å². The van der Waals surface area contributed by atoms with Crippen LogP contribution < -0.4 is 14.2 Å². The zero-order valence-electron chi connectivity index (χ0n) is 17.8. The number of ketones is 1. The van der Waals surface area contributed by atoms with Crippen molar-refractivity contribution in [3.63, 3.8) is 0 Å². The predicted octanol–water partition coefficient (Wildman–Crippen LogP) is 4.41. The molecule has 32 heavy (non-hydrogen) atoms. The number of aromatic hydroxyl groups is 1. The summed E-state index contributed by atoms with van der Waals surface area (Å²) in [6, 6.07) is 15.8. The fourth-order valence-electron chi connectivity index (χ4n) is 2.91. The summed E-state index contributed by atoms with van der Waals surface area (Å²) in [7, 11) is -0.882. The molecule has 0 fully saturated rings. The number of phenols is 1. The fraction of sp³-hybridized carbons (Fsp3) is 0.125. The van der Waals surface area contributed by atoms with E-state index in [2.05, 4.69) is 4.72 Å². The van der Waals surface area contributed by atoms with Gasteiger partial charge in [-0.25, -0.2) is 8.42 Å². The van der Waals surface area contributed by atoms with Crippen molar-refractivity contribution in [2.24, 2.45) is 0 Å². The minimum atomic E-state index is -3.72. The minimum Gasteiger partial charge on any atom is -0.502 e. The van der Waals surface area contributed by atoms with E-state index in [-0.39, 0.29) is 27.9 Å². The van der Waals surface area contributed by atoms with Crippen LogP contribution in [0.25, 0.3) is 6.08 Å². The van der Waals surface area contributed by atoms with Crippen molar-refractivity contribution >= 4 is 27.6 Å². The number of ether oxygens (including phenoxy) is 2. The Bertz CT molecular complexity index is 1220. The SMILES string of the molecule is COc1cc(/C=C/C(=O)c2ccc(NS(=O)(=O)c3ccc(C)cc3)cc2)cc(OC)c1O. The summed E-state index contributed by atoms with van der Waals surface area (Å²) in [4.78, 5) is 12.7. The second kappa shape index (κ2) is 9.57. The van der Waals surface area contributed by atoms with Crippen molar-refractivity contribution in [1.29, 1.82) is 0 Å². The summed E-state index contributed by atoms with van der Waals surface area (Å²) < 4.78 is 37.7. The van der Waals surface area contributed by atoms with Crippen LogP contribution in [0.2, 0.25) is 0 Å². The average Bonchev–Trinajstić information content (AvgIpc) is 2.78. The van der Waals surface area contributed by atoms with Crippen molar-refractivity contribution in [2.75, 3.05) is 18.9 Å². The highest BCUT2D eigenvalue weighted by Crippen LogP contribution is 2.37. The zero-order chi connectivity index (χ0) is 23.3. The van der Waals surface area contributed by atoms with Crippen molar-refractivity contribution in [3.05, 3.63) is 83.4 Å². The molecule has 0 amide bonds. The molecule has 0 bridgehead atoms. The van der Waals surface area contributed by atoms with Gasteiger partial charge in [0.2, 0.25) is 5.75 Å². The highest BCUT2D eigenvalue weighted by molar-refractivity contribution is 7.92. The van der Waals surface area contributed by atoms with Gasteiger partial charge in [0.25, 0.3) is 10.0 Å². The van der Waals surface area contributed by atoms with E-state index in [0.29, 0.717) is 16.8 Å². The maximum absolute atomic E-state index is 12.5. The monoisotopic (exact) mass is 453 g/mol. The Labute approximate surface area is 187 Å². The number of anilines is 1. The number of phenolic OH excluding ortho intramolecular Hbond substituents is 1. The zero-order valence-corrected chi connectivity index (χ0v) is 18.6. The van der Waals surface area contributed by atoms with Crippen LogP contribution >= 0.6 is 0 Å². The smallest absolute Gasteiger partial charge is 0.261 e. The number of nitrogens with one attached hydrogen (secondary N) is 1. The molecule has 0 heterocycles. The fourth-order valence-corrected chi connectivity index (χ4v) is 3.97. The van der Waals surface area contributed by atoms with Crippen LogP contribution in [0, 0.1) is 6.92 Å². The maximum atomic E-state index is 12.5. The Balaban J connectivity index is 1.73. The lowest BCUT2D eigenvalue weighted by atomic mass is 10.1. The second-order valence-corrected chi connectivity index (χ2v) is 8.65. The summed E-state index contributed by atoms with van der Waals surface area (Å²) in [5, 5.41) is 9.97. The van der Waals surface area contributed by atoms with Gasteiger partial charge in [0.05, 0.1) is 19.1 Å². The molecule has 2 N–H and O–H groups in total. The number of allylic oxidation sites excluding steroid dienone is 1. The largest absolute Gasteiger partial charge is 0.502 e. The molecule has 0 aliphatic rings. The van der Waals surface area contributed by atoms with Crippen LogP contribution in [0.4, 0.5) is 5.69 Å². The van der Waals surface area contributed by atoms with E-state index in [1.54, 1.807) is 30.3 Å². The summed E-state index contributed by atoms with van der Waals surface area (Å²) in [6.45, 7) is 1.88. The molecule has 0 spiro atoms. The highest BCUT2D eigenvalue weighted by atomic mass is 32.2. The molecule has 0 radical (unpaired) electrons. The lowest BCUT2D eigenvalue weighted by Gasteiger charge is -2.09. The van der Waals surface area contributed by atoms with Crippen LogP contribution in [0.3, 0.4) is 0 Å². The number of hydrogen-bond acceptors (Lipinski definition) is 6. The van der Waals surface area contributed by atoms with Crippen molar-refractivity contribution < 1.29 is 27.8 Å². The third-order valence-corrected chi connectivity index (χ3v) is 6.08. The summed E-state index contributed by atoms with van der Waals surface area (Å²) in [6.07, 6.45) is 2.94. The third-order valence-electron chi connectivity index (χ3n) is 4.68. The number of rotatable bonds is 8. The van der Waals surface area contributed by atoms with Gasteiger partial charge in [-0.1, -0.05) is 23.8 Å². The topological polar surface area (TPSA) is 102 Å². The molecule has 8 heteroatoms. The lowest BCUT2D eigenvalue weighted by Crippen LogP contribution is -2.13. The minimum absolute atomic E-state index is 0.123. The summed E-state index contributed by atoms with van der Waals surface area (Å²) >= 11 is 0. The van der Waals surface area contributed by atoms with E-state index >= 15 is 0 Å². The van der Waals surface area contributed by atoms with Gasteiger partial charge >= 0.3 is 0 Å². The van der Waals surface area contributed by atoms with E-state index in [9.17, 15) is 18.3 Å². The van der Waals surface area contributed by atoms with Crippen LogP contribution in [0.5, 0.6) is 17.2 Å². The first-order valence-electron chi connectivity index (χ1n) is 9.60. The van der Waals surface area contributed by atoms with Gasteiger partial charge < -0.3 is 14.6 Å². The van der Waals surface area contributed by atoms with E-state index in [4.69, 9.17) is 9.47 Å². The number of hydrogen-bond donors (Lipinski definition) is 2. The highest BCUT2D eigenvalue weighted by Gasteiger charge is 2.14. The standard InChI is InChI=1S/C24H23NO6S/c1-16-4-11-20(12-5-16)32(28,29)25-19-9-7-18(8-10-19)21(26)13-6-17-14-22(30-2)24(27)23(15-17)31-3/h4-15,25,27H,1-3H3/b13-6+. The van der Waals surface area contributed by atoms with Gasteiger partial charge in [-0.15, -0.1) is 0 Å². The molecule has 0 unspecified atom stereocenters. The van der Waals surface area contributed by atoms with E-state index in [1.807, 2.05) is 6.92 Å². The average molecular weight is 454 g/mol. The molecule has 3 aromatic rings. The molecule has 3 aromatic carbocycles. The number of sulfonamides is 1. The Morgan fingerprint density at radius 3 is 2.03 bits per heavy atom. The quantitative estimate of drug-likeness (QED) is 0.387. The van der Waals surface area contributed by atoms with Crippen molar-refractivity contribution in [2.45, 2.75) is 11.8 Å². The first-order valence-corrected chi connectivity index (χ1v) is 11.1. The number of methoxy groups -OCH3 is 2. The van der Waals surface area contributed by atoms with E-state index < -0.39 is 10.0 Å². The number of carbonyl (C=O) groups excluding carboxylic acids is 1. The van der Waals surface area contributed by atoms with E-state index in [1.165, 1.54) is 56.7 Å². The molecule has 0 atom stereocenters. The molecule has 3 rings (SSSR count). The van der Waals surface area contributed by atoms with Gasteiger partial charge in [-0.05, 0) is 67.1 Å². The van der Waals surface area contributed by atoms with Gasteiger partial charge in [-0.2, -0.15) is 0 Å². The molecule has 0 aromatic heterocycles. The summed E-state index contributed by atoms with van der Waals surface area (Å²) in [5.74, 6) is 0.0504. The molecule has 7 nitrogen and oxygen atoms in total. The molecule has 0 aliphatic carbocycles. The van der Waals surface area contributed by atoms with Gasteiger partial charge in [0.15, 0.2) is 17.3 Å². The molecular formula is C24H23NO6S. The first-order chi connectivity index (χ1) is 15.2. The molecular weight excluding hydrogens is 430 g/mol. The van der Waals surface area contributed by atoms with Gasteiger partial charge in [0.1, 0.15) is 0 Å². The van der Waals surface area contributed by atoms with Crippen LogP contribution in [0.15, 0.2) is 71.6 Å². The third kappa shape index (κ3) is 5.28. The summed E-state index contributed by atoms with van der Waals surface area (Å²) in [5.41, 5.74) is 2.30. The normalized spacial score (nSPS) is 11.3. The predicted molar refractivity (Wildman–Crippen MR) is 123 cm³/mol. The molecule has 166 valence electrons. The molecule has 0 saturated heterocycles. The second-order valence-electron chi connectivity index (χ2n) is 6.97. The van der Waals surface area contributed by atoms with Gasteiger partial charge in [0, 0.05) is 11.3 Å². The van der Waals surface area contributed by atoms with E-state index in [0.717, 1.165) is 5.56 Å². The molecule has 0 aliphatic heterocycles. The Hall–Kier alpha value is -3.78.